The van der Waals surface area contributed by atoms with E-state index >= 15 is 0 Å². The molecule has 4 aromatic rings. The summed E-state index contributed by atoms with van der Waals surface area (Å²) in [5.74, 6) is -0.552. The molecule has 44 heavy (non-hydrogen) atoms. The number of amidine groups is 1. The number of urea groups is 1. The van der Waals surface area contributed by atoms with Crippen molar-refractivity contribution in [3.8, 4) is 22.8 Å². The number of nitrogens with one attached hydrogen (secondary N) is 1. The Morgan fingerprint density at radius 1 is 1.09 bits per heavy atom. The summed E-state index contributed by atoms with van der Waals surface area (Å²) < 4.78 is 56.3. The molecule has 0 radical (unpaired) electrons. The molecular formula is C30H24F4N6O3S. The summed E-state index contributed by atoms with van der Waals surface area (Å²) in [6.07, 6.45) is -0.258. The van der Waals surface area contributed by atoms with Crippen LogP contribution in [0.5, 0.6) is 5.75 Å². The molecule has 1 aliphatic heterocycles. The van der Waals surface area contributed by atoms with Crippen LogP contribution in [0.2, 0.25) is 0 Å². The second kappa shape index (κ2) is 12.7. The summed E-state index contributed by atoms with van der Waals surface area (Å²) in [6, 6.07) is 15.8. The van der Waals surface area contributed by atoms with Gasteiger partial charge in [0.15, 0.2) is 11.0 Å². The second-order valence-corrected chi connectivity index (χ2v) is 10.7. The fourth-order valence-corrected chi connectivity index (χ4v) is 5.12. The lowest BCUT2D eigenvalue weighted by atomic mass is 10.0. The van der Waals surface area contributed by atoms with E-state index in [2.05, 4.69) is 25.1 Å². The van der Waals surface area contributed by atoms with E-state index in [1.54, 1.807) is 30.3 Å². The first-order valence-corrected chi connectivity index (χ1v) is 14.1. The van der Waals surface area contributed by atoms with E-state index in [1.807, 2.05) is 13.8 Å². The van der Waals surface area contributed by atoms with Crippen LogP contribution < -0.4 is 15.0 Å². The van der Waals surface area contributed by atoms with Crippen LogP contribution in [-0.4, -0.2) is 44.0 Å². The van der Waals surface area contributed by atoms with Gasteiger partial charge in [0.05, 0.1) is 17.1 Å². The molecule has 14 heteroatoms. The number of amides is 3. The number of anilines is 1. The molecule has 9 nitrogen and oxygen atoms in total. The number of alkyl halides is 3. The van der Waals surface area contributed by atoms with Gasteiger partial charge in [0.1, 0.15) is 17.9 Å². The maximum atomic E-state index is 13.9. The van der Waals surface area contributed by atoms with Crippen molar-refractivity contribution in [3.63, 3.8) is 0 Å². The van der Waals surface area contributed by atoms with Gasteiger partial charge in [-0.05, 0) is 65.6 Å². The Balaban J connectivity index is 1.21. The van der Waals surface area contributed by atoms with Gasteiger partial charge in [-0.1, -0.05) is 49.9 Å². The highest BCUT2D eigenvalue weighted by Gasteiger charge is 2.33. The Morgan fingerprint density at radius 3 is 2.50 bits per heavy atom. The van der Waals surface area contributed by atoms with Crippen molar-refractivity contribution in [1.82, 2.24) is 20.1 Å². The molecule has 1 aliphatic rings. The van der Waals surface area contributed by atoms with Crippen LogP contribution in [0.3, 0.4) is 0 Å². The van der Waals surface area contributed by atoms with E-state index in [1.165, 1.54) is 64.6 Å². The highest BCUT2D eigenvalue weighted by molar-refractivity contribution is 8.15. The third-order valence-electron chi connectivity index (χ3n) is 6.29. The zero-order chi connectivity index (χ0) is 31.4. The van der Waals surface area contributed by atoms with E-state index in [0.29, 0.717) is 28.3 Å². The lowest BCUT2D eigenvalue weighted by Gasteiger charge is -2.21. The van der Waals surface area contributed by atoms with Crippen LogP contribution in [0.25, 0.3) is 23.2 Å². The molecule has 3 amide bonds. The summed E-state index contributed by atoms with van der Waals surface area (Å²) in [5.41, 5.74) is 3.07. The summed E-state index contributed by atoms with van der Waals surface area (Å²) in [4.78, 5) is 34.8. The smallest absolute Gasteiger partial charge is 0.406 e. The van der Waals surface area contributed by atoms with Crippen molar-refractivity contribution in [2.24, 2.45) is 4.99 Å². The maximum Gasteiger partial charge on any atom is 0.573 e. The molecule has 1 aromatic heterocycles. The number of hydrogen-bond acceptors (Lipinski definition) is 6. The van der Waals surface area contributed by atoms with Gasteiger partial charge in [0.25, 0.3) is 0 Å². The van der Waals surface area contributed by atoms with Crippen molar-refractivity contribution < 1.29 is 31.9 Å². The second-order valence-electron chi connectivity index (χ2n) is 9.73. The average Bonchev–Trinajstić information content (AvgIpc) is 3.60. The largest absolute Gasteiger partial charge is 0.573 e. The number of benzene rings is 3. The number of rotatable bonds is 7. The quantitative estimate of drug-likeness (QED) is 0.224. The molecule has 2 heterocycles. The Kier molecular flexibility index (Phi) is 8.81. The number of carbonyl (C=O) groups is 2. The van der Waals surface area contributed by atoms with E-state index in [4.69, 9.17) is 0 Å². The zero-order valence-electron chi connectivity index (χ0n) is 23.2. The molecule has 0 atom stereocenters. The molecule has 3 aromatic carbocycles. The van der Waals surface area contributed by atoms with Gasteiger partial charge in [-0.25, -0.2) is 18.9 Å². The average molecular weight is 625 g/mol. The minimum Gasteiger partial charge on any atom is -0.406 e. The number of aromatic nitrogens is 3. The molecule has 0 spiro atoms. The lowest BCUT2D eigenvalue weighted by Crippen LogP contribution is -2.31. The van der Waals surface area contributed by atoms with Crippen molar-refractivity contribution in [1.29, 1.82) is 0 Å². The van der Waals surface area contributed by atoms with Crippen LogP contribution >= 0.6 is 11.8 Å². The minimum absolute atomic E-state index is 0.0579. The van der Waals surface area contributed by atoms with Gasteiger partial charge < -0.3 is 10.1 Å². The van der Waals surface area contributed by atoms with Crippen LogP contribution in [-0.2, 0) is 4.79 Å². The molecule has 1 N–H and O–H groups in total. The number of aliphatic imine (C=N–C) groups is 1. The van der Waals surface area contributed by atoms with Gasteiger partial charge in [-0.15, -0.1) is 18.3 Å². The van der Waals surface area contributed by atoms with Crippen LogP contribution in [0.4, 0.5) is 28.0 Å². The first-order valence-electron chi connectivity index (χ1n) is 13.2. The fraction of sp³-hybridized carbons (Fsp3) is 0.167. The molecule has 1 fully saturated rings. The topological polar surface area (TPSA) is 102 Å². The van der Waals surface area contributed by atoms with E-state index in [9.17, 15) is 27.2 Å². The number of thioether (sulfide) groups is 1. The van der Waals surface area contributed by atoms with Crippen LogP contribution in [0.15, 0.2) is 84.2 Å². The fourth-order valence-electron chi connectivity index (χ4n) is 4.27. The monoisotopic (exact) mass is 624 g/mol. The summed E-state index contributed by atoms with van der Waals surface area (Å²) in [7, 11) is 0. The number of carbonyl (C=O) groups excluding carboxylic acids is 2. The molecular weight excluding hydrogens is 600 g/mol. The lowest BCUT2D eigenvalue weighted by molar-refractivity contribution is -0.274. The van der Waals surface area contributed by atoms with Gasteiger partial charge in [0, 0.05) is 11.8 Å². The Labute approximate surface area is 253 Å². The molecule has 0 bridgehead atoms. The molecule has 226 valence electrons. The first kappa shape index (κ1) is 30.5. The van der Waals surface area contributed by atoms with Gasteiger partial charge in [-0.2, -0.15) is 4.99 Å². The van der Waals surface area contributed by atoms with Crippen molar-refractivity contribution >= 4 is 40.6 Å². The van der Waals surface area contributed by atoms with Crippen molar-refractivity contribution in [3.05, 3.63) is 96.2 Å². The third kappa shape index (κ3) is 7.32. The summed E-state index contributed by atoms with van der Waals surface area (Å²) in [5, 5.41) is 7.14. The summed E-state index contributed by atoms with van der Waals surface area (Å²) in [6.45, 7) is 3.78. The van der Waals surface area contributed by atoms with Gasteiger partial charge >= 0.3 is 12.4 Å². The standard InChI is InChI=1S/C30H24F4N6O3S/c1-18(2)24-15-21(31)7-12-25(24)40-26(41)16-44-29(40)37-28(42)35-14-13-19-3-5-20(6-4-19)27-36-17-39(38-27)22-8-10-23(11-9-22)43-30(32,33)34/h3-15,17-18H,16H2,1-2H3,(H,35,42)/b14-13+,37-29?. The van der Waals surface area contributed by atoms with Crippen LogP contribution in [0.1, 0.15) is 30.9 Å². The minimum atomic E-state index is -4.77. The van der Waals surface area contributed by atoms with E-state index < -0.39 is 18.2 Å². The molecule has 1 saturated heterocycles. The Hall–Kier alpha value is -4.98. The van der Waals surface area contributed by atoms with E-state index in [0.717, 1.165) is 17.3 Å². The third-order valence-corrected chi connectivity index (χ3v) is 7.22. The Bertz CT molecular complexity index is 1730. The SMILES string of the molecule is CC(C)c1cc(F)ccc1N1C(=O)CSC1=NC(=O)N/C=C/c1ccc(-c2ncn(-c3ccc(OC(F)(F)F)cc3)n2)cc1. The Morgan fingerprint density at radius 2 is 1.82 bits per heavy atom. The molecule has 0 saturated carbocycles. The predicted octanol–water partition coefficient (Wildman–Crippen LogP) is 6.91. The van der Waals surface area contributed by atoms with Crippen molar-refractivity contribution in [2.45, 2.75) is 26.1 Å². The molecule has 0 unspecified atom stereocenters. The normalized spacial score (nSPS) is 14.7. The maximum absolute atomic E-state index is 13.9. The number of ether oxygens (including phenoxy) is 1. The highest BCUT2D eigenvalue weighted by Crippen LogP contribution is 2.34. The molecule has 0 aliphatic carbocycles. The summed E-state index contributed by atoms with van der Waals surface area (Å²) >= 11 is 1.13. The van der Waals surface area contributed by atoms with Gasteiger partial charge in [0.2, 0.25) is 5.91 Å². The van der Waals surface area contributed by atoms with E-state index in [-0.39, 0.29) is 28.5 Å². The van der Waals surface area contributed by atoms with Crippen LogP contribution in [0, 0.1) is 5.82 Å². The van der Waals surface area contributed by atoms with Crippen molar-refractivity contribution in [2.75, 3.05) is 10.7 Å². The predicted molar refractivity (Wildman–Crippen MR) is 159 cm³/mol. The first-order chi connectivity index (χ1) is 21.0. The number of hydrogen-bond donors (Lipinski definition) is 1. The zero-order valence-corrected chi connectivity index (χ0v) is 24.1. The highest BCUT2D eigenvalue weighted by atomic mass is 32.2. The number of halogens is 4. The van der Waals surface area contributed by atoms with Gasteiger partial charge in [-0.3, -0.25) is 9.69 Å². The molecule has 5 rings (SSSR count). The number of nitrogens with zero attached hydrogens (tertiary/aromatic N) is 5.